The Balaban J connectivity index is 2.35. The predicted molar refractivity (Wildman–Crippen MR) is 83.7 cm³/mol. The number of hydrogen-bond donors (Lipinski definition) is 0. The van der Waals surface area contributed by atoms with Gasteiger partial charge in [-0.2, -0.15) is 13.2 Å². The maximum absolute atomic E-state index is 14.1. The average Bonchev–Trinajstić information content (AvgIpc) is 3.16. The second kappa shape index (κ2) is 6.52. The molecule has 2 heterocycles. The first-order valence-corrected chi connectivity index (χ1v) is 8.08. The molecule has 2 aliphatic rings. The maximum Gasteiger partial charge on any atom is 0.412 e. The molecule has 10 heteroatoms. The van der Waals surface area contributed by atoms with Crippen molar-refractivity contribution in [1.29, 1.82) is 0 Å². The molecule has 0 saturated carbocycles. The first-order valence-electron chi connectivity index (χ1n) is 8.08. The lowest BCUT2D eigenvalue weighted by Gasteiger charge is -2.35. The number of rotatable bonds is 3. The Morgan fingerprint density at radius 1 is 1.11 bits per heavy atom. The molecular weight excluding hydrogens is 369 g/mol. The van der Waals surface area contributed by atoms with Gasteiger partial charge < -0.3 is 9.47 Å². The lowest BCUT2D eigenvalue weighted by atomic mass is 9.71. The second-order valence-corrected chi connectivity index (χ2v) is 6.26. The molecule has 1 amide bonds. The van der Waals surface area contributed by atoms with Crippen molar-refractivity contribution in [1.82, 2.24) is 10.0 Å². The van der Waals surface area contributed by atoms with Gasteiger partial charge in [0.1, 0.15) is 0 Å². The predicted octanol–water partition coefficient (Wildman–Crippen LogP) is 1.45. The molecule has 2 atom stereocenters. The van der Waals surface area contributed by atoms with E-state index in [0.717, 1.165) is 19.2 Å². The minimum Gasteiger partial charge on any atom is -0.468 e. The maximum atomic E-state index is 14.1. The van der Waals surface area contributed by atoms with Gasteiger partial charge in [0.15, 0.2) is 6.04 Å². The summed E-state index contributed by atoms with van der Waals surface area (Å²) in [5.41, 5.74) is -2.54. The van der Waals surface area contributed by atoms with E-state index >= 15 is 0 Å². The van der Waals surface area contributed by atoms with Gasteiger partial charge in [0.2, 0.25) is 11.3 Å². The fourth-order valence-electron chi connectivity index (χ4n) is 4.03. The van der Waals surface area contributed by atoms with Crippen LogP contribution in [-0.4, -0.2) is 60.8 Å². The molecule has 3 rings (SSSR count). The molecule has 0 radical (unpaired) electrons. The number of amides is 1. The van der Waals surface area contributed by atoms with E-state index < -0.39 is 41.5 Å². The molecule has 0 unspecified atom stereocenters. The minimum atomic E-state index is -5.08. The average molecular weight is 386 g/mol. The zero-order chi connectivity index (χ0) is 20.0. The number of carbonyl (C=O) groups is 3. The van der Waals surface area contributed by atoms with Crippen LogP contribution in [0.3, 0.4) is 0 Å². The van der Waals surface area contributed by atoms with E-state index in [-0.39, 0.29) is 18.5 Å². The van der Waals surface area contributed by atoms with E-state index in [0.29, 0.717) is 5.01 Å². The van der Waals surface area contributed by atoms with Crippen LogP contribution in [0.2, 0.25) is 0 Å². The van der Waals surface area contributed by atoms with Gasteiger partial charge in [0, 0.05) is 13.0 Å². The van der Waals surface area contributed by atoms with Crippen LogP contribution in [0.1, 0.15) is 18.0 Å². The highest BCUT2D eigenvalue weighted by atomic mass is 19.4. The summed E-state index contributed by atoms with van der Waals surface area (Å²) >= 11 is 0. The van der Waals surface area contributed by atoms with E-state index in [1.807, 2.05) is 0 Å². The van der Waals surface area contributed by atoms with Gasteiger partial charge >= 0.3 is 18.1 Å². The van der Waals surface area contributed by atoms with Crippen molar-refractivity contribution in [3.05, 3.63) is 35.9 Å². The number of hydrogen-bond acceptors (Lipinski definition) is 6. The standard InChI is InChI=1S/C17H17F3N2O5/c1-26-14(24)16(15(25)27-2)12(10-6-4-3-5-7-10)21-9-8-11(23)22(21)13(16)17(18,19)20/h3-7,12-13H,8-9H2,1-2H3/t12-,13+/m0/s1. The van der Waals surface area contributed by atoms with Crippen LogP contribution in [0, 0.1) is 5.41 Å². The summed E-state index contributed by atoms with van der Waals surface area (Å²) in [6.45, 7) is -0.0687. The Morgan fingerprint density at radius 3 is 2.15 bits per heavy atom. The van der Waals surface area contributed by atoms with Gasteiger partial charge in [0.05, 0.1) is 20.3 Å². The number of fused-ring (bicyclic) bond motifs is 1. The third-order valence-corrected chi connectivity index (χ3v) is 4.96. The van der Waals surface area contributed by atoms with Crippen molar-refractivity contribution in [2.24, 2.45) is 5.41 Å². The van der Waals surface area contributed by atoms with Gasteiger partial charge in [-0.25, -0.2) is 5.01 Å². The minimum absolute atomic E-state index is 0.0687. The number of carbonyl (C=O) groups excluding carboxylic acids is 3. The molecule has 1 aromatic carbocycles. The Morgan fingerprint density at radius 2 is 1.67 bits per heavy atom. The van der Waals surface area contributed by atoms with Crippen LogP contribution in [0.5, 0.6) is 0 Å². The molecule has 2 fully saturated rings. The highest BCUT2D eigenvalue weighted by Crippen LogP contribution is 2.57. The van der Waals surface area contributed by atoms with Gasteiger partial charge in [-0.3, -0.25) is 19.4 Å². The Bertz CT molecular complexity index is 752. The summed E-state index contributed by atoms with van der Waals surface area (Å²) in [7, 11) is 1.78. The molecule has 0 spiro atoms. The number of methoxy groups -OCH3 is 2. The van der Waals surface area contributed by atoms with Gasteiger partial charge in [-0.1, -0.05) is 30.3 Å². The van der Waals surface area contributed by atoms with Crippen LogP contribution in [0.4, 0.5) is 13.2 Å². The number of alkyl halides is 3. The molecular formula is C17H17F3N2O5. The second-order valence-electron chi connectivity index (χ2n) is 6.26. The summed E-state index contributed by atoms with van der Waals surface area (Å²) < 4.78 is 51.6. The summed E-state index contributed by atoms with van der Waals surface area (Å²) in [6.07, 6.45) is -5.24. The Kier molecular flexibility index (Phi) is 4.62. The normalized spacial score (nSPS) is 24.6. The van der Waals surface area contributed by atoms with Crippen molar-refractivity contribution in [3.8, 4) is 0 Å². The highest BCUT2D eigenvalue weighted by molar-refractivity contribution is 6.03. The quantitative estimate of drug-likeness (QED) is 0.578. The third-order valence-electron chi connectivity index (χ3n) is 4.96. The topological polar surface area (TPSA) is 76.2 Å². The monoisotopic (exact) mass is 386 g/mol. The smallest absolute Gasteiger partial charge is 0.412 e. The van der Waals surface area contributed by atoms with E-state index in [9.17, 15) is 27.6 Å². The van der Waals surface area contributed by atoms with Gasteiger partial charge in [0.25, 0.3) is 0 Å². The SMILES string of the molecule is COC(=O)C1(C(=O)OC)[C@H](c2ccccc2)N2CCC(=O)N2[C@H]1C(F)(F)F. The fourth-order valence-corrected chi connectivity index (χ4v) is 4.03. The molecule has 0 aliphatic carbocycles. The first-order chi connectivity index (χ1) is 12.7. The molecule has 2 saturated heterocycles. The molecule has 1 aromatic rings. The lowest BCUT2D eigenvalue weighted by molar-refractivity contribution is -0.220. The van der Waals surface area contributed by atoms with Crippen molar-refractivity contribution in [3.63, 3.8) is 0 Å². The van der Waals surface area contributed by atoms with E-state index in [1.54, 1.807) is 18.2 Å². The zero-order valence-corrected chi connectivity index (χ0v) is 14.5. The highest BCUT2D eigenvalue weighted by Gasteiger charge is 2.78. The van der Waals surface area contributed by atoms with Crippen molar-refractivity contribution in [2.75, 3.05) is 20.8 Å². The molecule has 0 aromatic heterocycles. The number of ether oxygens (including phenoxy) is 2. The lowest BCUT2D eigenvalue weighted by Crippen LogP contribution is -2.59. The van der Waals surface area contributed by atoms with E-state index in [1.165, 1.54) is 12.1 Å². The molecule has 146 valence electrons. The largest absolute Gasteiger partial charge is 0.468 e. The fraction of sp³-hybridized carbons (Fsp3) is 0.471. The first kappa shape index (κ1) is 19.2. The van der Waals surface area contributed by atoms with E-state index in [4.69, 9.17) is 0 Å². The van der Waals surface area contributed by atoms with E-state index in [2.05, 4.69) is 9.47 Å². The zero-order valence-electron chi connectivity index (χ0n) is 14.5. The van der Waals surface area contributed by atoms with Crippen LogP contribution in [0.15, 0.2) is 30.3 Å². The summed E-state index contributed by atoms with van der Waals surface area (Å²) in [4.78, 5) is 37.7. The third kappa shape index (κ3) is 2.58. The van der Waals surface area contributed by atoms with Gasteiger partial charge in [-0.05, 0) is 5.56 Å². The number of nitrogens with zero attached hydrogens (tertiary/aromatic N) is 2. The van der Waals surface area contributed by atoms with Crippen LogP contribution < -0.4 is 0 Å². The summed E-state index contributed by atoms with van der Waals surface area (Å²) in [5, 5.41) is 1.58. The summed E-state index contributed by atoms with van der Waals surface area (Å²) in [5.74, 6) is -3.65. The van der Waals surface area contributed by atoms with Crippen molar-refractivity contribution >= 4 is 17.8 Å². The number of esters is 2. The Hall–Kier alpha value is -2.62. The van der Waals surface area contributed by atoms with Crippen molar-refractivity contribution in [2.45, 2.75) is 24.7 Å². The Labute approximate surface area is 152 Å². The molecule has 0 N–H and O–H groups in total. The van der Waals surface area contributed by atoms with Crippen LogP contribution in [-0.2, 0) is 23.9 Å². The molecule has 7 nitrogen and oxygen atoms in total. The number of halogens is 3. The molecule has 27 heavy (non-hydrogen) atoms. The molecule has 0 bridgehead atoms. The molecule has 2 aliphatic heterocycles. The van der Waals surface area contributed by atoms with Gasteiger partial charge in [-0.15, -0.1) is 0 Å². The number of hydrazine groups is 1. The van der Waals surface area contributed by atoms with Crippen LogP contribution in [0.25, 0.3) is 0 Å². The van der Waals surface area contributed by atoms with Crippen LogP contribution >= 0.6 is 0 Å². The summed E-state index contributed by atoms with van der Waals surface area (Å²) in [6, 6.07) is 3.62. The number of benzene rings is 1. The van der Waals surface area contributed by atoms with Crippen molar-refractivity contribution < 1.29 is 37.0 Å².